The van der Waals surface area contributed by atoms with Gasteiger partial charge in [0.05, 0.1) is 24.0 Å². The molecule has 0 saturated carbocycles. The molecule has 1 aromatic heterocycles. The minimum absolute atomic E-state index is 0.0763. The molecule has 0 atom stereocenters. The average molecular weight is 245 g/mol. The third-order valence-corrected chi connectivity index (χ3v) is 2.58. The molecule has 0 radical (unpaired) electrons. The summed E-state index contributed by atoms with van der Waals surface area (Å²) in [6.07, 6.45) is 3.16. The maximum absolute atomic E-state index is 10.8. The normalized spacial score (nSPS) is 15.8. The third kappa shape index (κ3) is 2.27. The molecule has 88 valence electrons. The van der Waals surface area contributed by atoms with Crippen molar-refractivity contribution in [3.8, 4) is 5.88 Å². The molecule has 16 heavy (non-hydrogen) atoms. The molecular formula is C8H11N3O4S. The van der Waals surface area contributed by atoms with Crippen LogP contribution in [0.1, 0.15) is 0 Å². The number of rotatable bonds is 5. The Bertz CT molecular complexity index is 391. The molecule has 0 amide bonds. The molecule has 2 heterocycles. The van der Waals surface area contributed by atoms with Crippen LogP contribution in [0.3, 0.4) is 0 Å². The molecule has 0 aliphatic carbocycles. The molecule has 0 N–H and O–H groups in total. The highest BCUT2D eigenvalue weighted by molar-refractivity contribution is 7.97. The zero-order chi connectivity index (χ0) is 11.5. The molecule has 7 nitrogen and oxygen atoms in total. The standard InChI is InChI=1S/C8H11N3O4S/c1-16-5-10-2-7(11(12)13)8(9-10)15-6-3-14-4-6/h2,6H,3-5H2,1H3. The van der Waals surface area contributed by atoms with E-state index in [-0.39, 0.29) is 17.7 Å². The Labute approximate surface area is 95.9 Å². The lowest BCUT2D eigenvalue weighted by Gasteiger charge is -2.25. The summed E-state index contributed by atoms with van der Waals surface area (Å²) in [5, 5.41) is 14.8. The summed E-state index contributed by atoms with van der Waals surface area (Å²) < 4.78 is 11.8. The van der Waals surface area contributed by atoms with Crippen LogP contribution in [0.5, 0.6) is 5.88 Å². The molecular weight excluding hydrogens is 234 g/mol. The van der Waals surface area contributed by atoms with E-state index in [0.29, 0.717) is 19.1 Å². The fourth-order valence-electron chi connectivity index (χ4n) is 1.24. The zero-order valence-corrected chi connectivity index (χ0v) is 9.48. The second-order valence-corrected chi connectivity index (χ2v) is 4.15. The van der Waals surface area contributed by atoms with Gasteiger partial charge in [-0.2, -0.15) is 0 Å². The summed E-state index contributed by atoms with van der Waals surface area (Å²) in [5.74, 6) is 0.637. The smallest absolute Gasteiger partial charge is 0.350 e. The molecule has 1 aliphatic heterocycles. The van der Waals surface area contributed by atoms with Crippen molar-refractivity contribution in [2.75, 3.05) is 19.5 Å². The maximum Gasteiger partial charge on any atom is 0.350 e. The predicted molar refractivity (Wildman–Crippen MR) is 57.6 cm³/mol. The number of ether oxygens (including phenoxy) is 2. The maximum atomic E-state index is 10.8. The fraction of sp³-hybridized carbons (Fsp3) is 0.625. The number of thioether (sulfide) groups is 1. The van der Waals surface area contributed by atoms with E-state index in [2.05, 4.69) is 5.10 Å². The molecule has 0 bridgehead atoms. The quantitative estimate of drug-likeness (QED) is 0.566. The van der Waals surface area contributed by atoms with Crippen molar-refractivity contribution in [3.63, 3.8) is 0 Å². The van der Waals surface area contributed by atoms with E-state index in [4.69, 9.17) is 9.47 Å². The molecule has 2 rings (SSSR count). The van der Waals surface area contributed by atoms with E-state index < -0.39 is 4.92 Å². The van der Waals surface area contributed by atoms with Crippen molar-refractivity contribution in [2.45, 2.75) is 12.0 Å². The van der Waals surface area contributed by atoms with E-state index in [1.54, 1.807) is 0 Å². The summed E-state index contributed by atoms with van der Waals surface area (Å²) in [7, 11) is 0. The number of hydrogen-bond donors (Lipinski definition) is 0. The Morgan fingerprint density at radius 1 is 1.81 bits per heavy atom. The van der Waals surface area contributed by atoms with Crippen molar-refractivity contribution in [3.05, 3.63) is 16.3 Å². The van der Waals surface area contributed by atoms with Crippen LogP contribution >= 0.6 is 11.8 Å². The molecule has 1 saturated heterocycles. The Balaban J connectivity index is 2.15. The summed E-state index contributed by atoms with van der Waals surface area (Å²) in [5.41, 5.74) is -0.0963. The summed E-state index contributed by atoms with van der Waals surface area (Å²) in [6.45, 7) is 0.930. The van der Waals surface area contributed by atoms with Crippen LogP contribution in [0.4, 0.5) is 5.69 Å². The highest BCUT2D eigenvalue weighted by atomic mass is 32.2. The average Bonchev–Trinajstić information content (AvgIpc) is 2.55. The first-order chi connectivity index (χ1) is 7.70. The molecule has 0 unspecified atom stereocenters. The lowest BCUT2D eigenvalue weighted by molar-refractivity contribution is -0.386. The lowest BCUT2D eigenvalue weighted by Crippen LogP contribution is -2.38. The van der Waals surface area contributed by atoms with Gasteiger partial charge in [-0.1, -0.05) is 0 Å². The van der Waals surface area contributed by atoms with Gasteiger partial charge < -0.3 is 9.47 Å². The third-order valence-electron chi connectivity index (χ3n) is 2.05. The van der Waals surface area contributed by atoms with Crippen molar-refractivity contribution >= 4 is 17.4 Å². The minimum atomic E-state index is -0.487. The van der Waals surface area contributed by atoms with E-state index in [1.807, 2.05) is 6.26 Å². The number of nitrogens with zero attached hydrogens (tertiary/aromatic N) is 3. The van der Waals surface area contributed by atoms with Gasteiger partial charge in [-0.05, 0) is 6.26 Å². The summed E-state index contributed by atoms with van der Waals surface area (Å²) >= 11 is 1.52. The van der Waals surface area contributed by atoms with Crippen LogP contribution in [0.2, 0.25) is 0 Å². The monoisotopic (exact) mass is 245 g/mol. The van der Waals surface area contributed by atoms with Crippen molar-refractivity contribution < 1.29 is 14.4 Å². The van der Waals surface area contributed by atoms with Crippen LogP contribution in [0, 0.1) is 10.1 Å². The number of hydrogen-bond acceptors (Lipinski definition) is 6. The largest absolute Gasteiger partial charge is 0.464 e. The first-order valence-electron chi connectivity index (χ1n) is 4.66. The van der Waals surface area contributed by atoms with Crippen molar-refractivity contribution in [1.82, 2.24) is 9.78 Å². The van der Waals surface area contributed by atoms with E-state index in [9.17, 15) is 10.1 Å². The topological polar surface area (TPSA) is 79.4 Å². The van der Waals surface area contributed by atoms with Crippen LogP contribution in [0.25, 0.3) is 0 Å². The van der Waals surface area contributed by atoms with Crippen molar-refractivity contribution in [1.29, 1.82) is 0 Å². The van der Waals surface area contributed by atoms with Crippen molar-refractivity contribution in [2.24, 2.45) is 0 Å². The van der Waals surface area contributed by atoms with Gasteiger partial charge in [-0.3, -0.25) is 14.8 Å². The van der Waals surface area contributed by atoms with Crippen LogP contribution in [-0.4, -0.2) is 40.3 Å². The van der Waals surface area contributed by atoms with Crippen LogP contribution in [0.15, 0.2) is 6.20 Å². The van der Waals surface area contributed by atoms with E-state index in [0.717, 1.165) is 0 Å². The van der Waals surface area contributed by atoms with Gasteiger partial charge in [0.15, 0.2) is 0 Å². The second-order valence-electron chi connectivity index (χ2n) is 3.31. The van der Waals surface area contributed by atoms with Gasteiger partial charge in [0.25, 0.3) is 0 Å². The fourth-order valence-corrected chi connectivity index (χ4v) is 1.64. The molecule has 1 aliphatic rings. The molecule has 0 aromatic carbocycles. The van der Waals surface area contributed by atoms with Gasteiger partial charge in [0.1, 0.15) is 12.3 Å². The summed E-state index contributed by atoms with van der Waals surface area (Å²) in [6, 6.07) is 0. The Hall–Kier alpha value is -1.28. The van der Waals surface area contributed by atoms with Gasteiger partial charge in [-0.15, -0.1) is 16.9 Å². The molecule has 1 aromatic rings. The van der Waals surface area contributed by atoms with Crippen LogP contribution < -0.4 is 4.74 Å². The highest BCUT2D eigenvalue weighted by Gasteiger charge is 2.27. The molecule has 0 spiro atoms. The van der Waals surface area contributed by atoms with Gasteiger partial charge in [-0.25, -0.2) is 0 Å². The zero-order valence-electron chi connectivity index (χ0n) is 8.66. The van der Waals surface area contributed by atoms with Gasteiger partial charge in [0, 0.05) is 0 Å². The Kier molecular flexibility index (Phi) is 3.30. The highest BCUT2D eigenvalue weighted by Crippen LogP contribution is 2.27. The number of aromatic nitrogens is 2. The minimum Gasteiger partial charge on any atom is -0.464 e. The number of nitro groups is 1. The van der Waals surface area contributed by atoms with E-state index in [1.165, 1.54) is 22.6 Å². The predicted octanol–water partition coefficient (Wildman–Crippen LogP) is 0.889. The summed E-state index contributed by atoms with van der Waals surface area (Å²) in [4.78, 5) is 10.3. The Morgan fingerprint density at radius 2 is 2.56 bits per heavy atom. The van der Waals surface area contributed by atoms with E-state index >= 15 is 0 Å². The first kappa shape index (κ1) is 11.2. The molecule has 1 fully saturated rings. The van der Waals surface area contributed by atoms with Gasteiger partial charge in [0.2, 0.25) is 0 Å². The van der Waals surface area contributed by atoms with Crippen LogP contribution in [-0.2, 0) is 10.6 Å². The molecule has 8 heteroatoms. The first-order valence-corrected chi connectivity index (χ1v) is 6.05. The SMILES string of the molecule is CSCn1cc([N+](=O)[O-])c(OC2COC2)n1. The lowest BCUT2D eigenvalue weighted by atomic mass is 10.3. The Morgan fingerprint density at radius 3 is 3.06 bits per heavy atom. The second kappa shape index (κ2) is 4.71. The van der Waals surface area contributed by atoms with Gasteiger partial charge >= 0.3 is 11.6 Å².